The number of carbonyl (C=O) groups is 1. The summed E-state index contributed by atoms with van der Waals surface area (Å²) in [6, 6.07) is 4.37. The van der Waals surface area contributed by atoms with Gasteiger partial charge in [-0.1, -0.05) is 24.9 Å². The van der Waals surface area contributed by atoms with Crippen LogP contribution in [-0.2, 0) is 4.79 Å². The molecule has 1 rings (SSSR count). The lowest BCUT2D eigenvalue weighted by molar-refractivity contribution is -0.117. The van der Waals surface area contributed by atoms with Crippen LogP contribution in [0.2, 0.25) is 5.02 Å². The normalized spacial score (nSPS) is 10.9. The van der Waals surface area contributed by atoms with Crippen molar-refractivity contribution < 1.29 is 15.0 Å². The summed E-state index contributed by atoms with van der Waals surface area (Å²) in [5.74, 6) is -1.33. The van der Waals surface area contributed by atoms with Crippen LogP contribution in [0.25, 0.3) is 6.08 Å². The van der Waals surface area contributed by atoms with Crippen LogP contribution in [0.3, 0.4) is 0 Å². The molecule has 106 valence electrons. The number of nitrogens with one attached hydrogen (secondary N) is 1. The largest absolute Gasteiger partial charge is 0.504 e. The van der Waals surface area contributed by atoms with Crippen molar-refractivity contribution in [2.75, 3.05) is 6.54 Å². The predicted octanol–water partition coefficient (Wildman–Crippen LogP) is 2.57. The lowest BCUT2D eigenvalue weighted by Crippen LogP contribution is -2.25. The van der Waals surface area contributed by atoms with Gasteiger partial charge in [-0.05, 0) is 30.2 Å². The van der Waals surface area contributed by atoms with E-state index in [0.717, 1.165) is 12.8 Å². The second-order valence-electron chi connectivity index (χ2n) is 4.15. The Bertz CT molecular complexity index is 553. The highest BCUT2D eigenvalue weighted by molar-refractivity contribution is 6.32. The van der Waals surface area contributed by atoms with Crippen LogP contribution in [0.1, 0.15) is 25.3 Å². The first kappa shape index (κ1) is 15.9. The Hall–Kier alpha value is -2.19. The third kappa shape index (κ3) is 4.18. The summed E-state index contributed by atoms with van der Waals surface area (Å²) >= 11 is 5.71. The molecule has 1 amide bonds. The average Bonchev–Trinajstić information content (AvgIpc) is 2.42. The number of amides is 1. The first-order valence-electron chi connectivity index (χ1n) is 6.11. The maximum Gasteiger partial charge on any atom is 0.261 e. The maximum atomic E-state index is 11.7. The topological polar surface area (TPSA) is 93.4 Å². The van der Waals surface area contributed by atoms with Gasteiger partial charge in [-0.15, -0.1) is 0 Å². The van der Waals surface area contributed by atoms with Gasteiger partial charge in [0.1, 0.15) is 11.6 Å². The highest BCUT2D eigenvalue weighted by atomic mass is 35.5. The maximum absolute atomic E-state index is 11.7. The van der Waals surface area contributed by atoms with Crippen molar-refractivity contribution in [1.29, 1.82) is 5.26 Å². The van der Waals surface area contributed by atoms with Gasteiger partial charge in [-0.25, -0.2) is 0 Å². The van der Waals surface area contributed by atoms with Crippen LogP contribution in [0, 0.1) is 11.3 Å². The smallest absolute Gasteiger partial charge is 0.261 e. The fourth-order valence-corrected chi connectivity index (χ4v) is 1.70. The Kier molecular flexibility index (Phi) is 5.88. The number of hydrogen-bond acceptors (Lipinski definition) is 4. The Labute approximate surface area is 122 Å². The van der Waals surface area contributed by atoms with Crippen molar-refractivity contribution in [3.8, 4) is 17.6 Å². The van der Waals surface area contributed by atoms with Crippen molar-refractivity contribution in [2.24, 2.45) is 0 Å². The third-order valence-corrected chi connectivity index (χ3v) is 2.85. The first-order valence-corrected chi connectivity index (χ1v) is 6.48. The van der Waals surface area contributed by atoms with E-state index in [1.54, 1.807) is 6.07 Å². The molecule has 20 heavy (non-hydrogen) atoms. The zero-order valence-corrected chi connectivity index (χ0v) is 11.7. The minimum absolute atomic E-state index is 0.0556. The number of unbranched alkanes of at least 4 members (excludes halogenated alkanes) is 1. The lowest BCUT2D eigenvalue weighted by atomic mass is 10.1. The molecule has 0 saturated carbocycles. The molecular weight excluding hydrogens is 280 g/mol. The zero-order valence-electron chi connectivity index (χ0n) is 11.0. The number of phenolic OH excluding ortho intramolecular Hbond substituents is 2. The minimum atomic E-state index is -0.482. The number of carbonyl (C=O) groups excluding carboxylic acids is 1. The molecule has 0 bridgehead atoms. The summed E-state index contributed by atoms with van der Waals surface area (Å²) in [4.78, 5) is 11.7. The molecule has 0 heterocycles. The molecule has 1 aromatic rings. The van der Waals surface area contributed by atoms with E-state index in [1.165, 1.54) is 18.2 Å². The van der Waals surface area contributed by atoms with Crippen LogP contribution < -0.4 is 5.32 Å². The van der Waals surface area contributed by atoms with Crippen molar-refractivity contribution in [3.63, 3.8) is 0 Å². The SMILES string of the molecule is CCCCNC(=O)/C(C#N)=C/c1cc(O)c(O)c(Cl)c1. The Morgan fingerprint density at radius 1 is 1.50 bits per heavy atom. The Morgan fingerprint density at radius 3 is 2.75 bits per heavy atom. The first-order chi connectivity index (χ1) is 9.49. The number of phenols is 2. The standard InChI is InChI=1S/C14H15ClN2O3/c1-2-3-4-17-14(20)10(8-16)5-9-6-11(15)13(19)12(18)7-9/h5-7,18-19H,2-4H2,1H3,(H,17,20)/b10-5+. The van der Waals surface area contributed by atoms with Gasteiger partial charge >= 0.3 is 0 Å². The number of benzene rings is 1. The van der Waals surface area contributed by atoms with E-state index in [9.17, 15) is 15.0 Å². The van der Waals surface area contributed by atoms with E-state index in [-0.39, 0.29) is 10.6 Å². The number of hydrogen-bond donors (Lipinski definition) is 3. The van der Waals surface area contributed by atoms with E-state index < -0.39 is 17.4 Å². The van der Waals surface area contributed by atoms with E-state index in [2.05, 4.69) is 5.32 Å². The Balaban J connectivity index is 2.95. The molecule has 1 aromatic carbocycles. The van der Waals surface area contributed by atoms with Gasteiger partial charge in [0.15, 0.2) is 11.5 Å². The van der Waals surface area contributed by atoms with E-state index in [1.807, 2.05) is 6.92 Å². The van der Waals surface area contributed by atoms with Crippen molar-refractivity contribution in [3.05, 3.63) is 28.3 Å². The molecule has 0 atom stereocenters. The lowest BCUT2D eigenvalue weighted by Gasteiger charge is -2.04. The predicted molar refractivity (Wildman–Crippen MR) is 76.3 cm³/mol. The van der Waals surface area contributed by atoms with Gasteiger partial charge < -0.3 is 15.5 Å². The number of halogens is 1. The number of nitrogens with zero attached hydrogens (tertiary/aromatic N) is 1. The number of nitriles is 1. The van der Waals surface area contributed by atoms with Crippen LogP contribution in [0.5, 0.6) is 11.5 Å². The van der Waals surface area contributed by atoms with Crippen LogP contribution in [0.15, 0.2) is 17.7 Å². The monoisotopic (exact) mass is 294 g/mol. The highest BCUT2D eigenvalue weighted by Crippen LogP contribution is 2.34. The summed E-state index contributed by atoms with van der Waals surface area (Å²) in [6.45, 7) is 2.49. The number of aromatic hydroxyl groups is 2. The summed E-state index contributed by atoms with van der Waals surface area (Å²) < 4.78 is 0. The van der Waals surface area contributed by atoms with Gasteiger partial charge in [-0.2, -0.15) is 5.26 Å². The number of rotatable bonds is 5. The molecule has 0 fully saturated rings. The average molecular weight is 295 g/mol. The zero-order chi connectivity index (χ0) is 15.1. The van der Waals surface area contributed by atoms with Crippen molar-refractivity contribution in [1.82, 2.24) is 5.32 Å². The minimum Gasteiger partial charge on any atom is -0.504 e. The molecule has 0 aliphatic carbocycles. The van der Waals surface area contributed by atoms with Gasteiger partial charge in [0.05, 0.1) is 5.02 Å². The third-order valence-electron chi connectivity index (χ3n) is 2.56. The highest BCUT2D eigenvalue weighted by Gasteiger charge is 2.11. The van der Waals surface area contributed by atoms with Crippen LogP contribution in [0.4, 0.5) is 0 Å². The summed E-state index contributed by atoms with van der Waals surface area (Å²) in [7, 11) is 0. The van der Waals surface area contributed by atoms with E-state index in [4.69, 9.17) is 16.9 Å². The second kappa shape index (κ2) is 7.41. The summed E-state index contributed by atoms with van der Waals surface area (Å²) in [5.41, 5.74) is 0.259. The van der Waals surface area contributed by atoms with Gasteiger partial charge in [0.2, 0.25) is 0 Å². The molecule has 0 spiro atoms. The Morgan fingerprint density at radius 2 is 2.20 bits per heavy atom. The molecule has 0 radical (unpaired) electrons. The van der Waals surface area contributed by atoms with Gasteiger partial charge in [0.25, 0.3) is 5.91 Å². The van der Waals surface area contributed by atoms with E-state index >= 15 is 0 Å². The van der Waals surface area contributed by atoms with E-state index in [0.29, 0.717) is 12.1 Å². The second-order valence-corrected chi connectivity index (χ2v) is 4.56. The molecular formula is C14H15ClN2O3. The van der Waals surface area contributed by atoms with Crippen LogP contribution >= 0.6 is 11.6 Å². The molecule has 5 nitrogen and oxygen atoms in total. The molecule has 0 saturated heterocycles. The molecule has 3 N–H and O–H groups in total. The molecule has 6 heteroatoms. The van der Waals surface area contributed by atoms with Crippen LogP contribution in [-0.4, -0.2) is 22.7 Å². The van der Waals surface area contributed by atoms with Crippen molar-refractivity contribution >= 4 is 23.6 Å². The van der Waals surface area contributed by atoms with Gasteiger partial charge in [-0.3, -0.25) is 4.79 Å². The summed E-state index contributed by atoms with van der Waals surface area (Å²) in [6.07, 6.45) is 3.07. The molecule has 0 aromatic heterocycles. The fourth-order valence-electron chi connectivity index (χ4n) is 1.48. The van der Waals surface area contributed by atoms with Crippen molar-refractivity contribution in [2.45, 2.75) is 19.8 Å². The summed E-state index contributed by atoms with van der Waals surface area (Å²) in [5, 5.41) is 30.3. The fraction of sp³-hybridized carbons (Fsp3) is 0.286. The van der Waals surface area contributed by atoms with Gasteiger partial charge in [0, 0.05) is 6.54 Å². The molecule has 0 aliphatic rings. The molecule has 0 unspecified atom stereocenters. The quantitative estimate of drug-likeness (QED) is 0.337. The molecule has 0 aliphatic heterocycles.